The first-order chi connectivity index (χ1) is 10.4. The van der Waals surface area contributed by atoms with E-state index in [4.69, 9.17) is 0 Å². The molecule has 6 heteroatoms. The van der Waals surface area contributed by atoms with Crippen molar-refractivity contribution in [3.63, 3.8) is 0 Å². The molecule has 0 aliphatic rings. The Morgan fingerprint density at radius 2 is 1.73 bits per heavy atom. The summed E-state index contributed by atoms with van der Waals surface area (Å²) in [4.78, 5) is 16.1. The molecule has 1 aromatic carbocycles. The van der Waals surface area contributed by atoms with Crippen molar-refractivity contribution in [2.45, 2.75) is 32.9 Å². The van der Waals surface area contributed by atoms with Crippen molar-refractivity contribution < 1.29 is 13.2 Å². The monoisotopic (exact) mass is 312 g/mol. The number of alkyl halides is 3. The fourth-order valence-electron chi connectivity index (χ4n) is 2.59. The number of nitrogens with zero attached hydrogens (tertiary/aromatic N) is 1. The van der Waals surface area contributed by atoms with Gasteiger partial charge in [0.1, 0.15) is 0 Å². The van der Waals surface area contributed by atoms with Crippen molar-refractivity contribution >= 4 is 16.6 Å². The van der Waals surface area contributed by atoms with Crippen LogP contribution >= 0.6 is 0 Å². The lowest BCUT2D eigenvalue weighted by atomic mass is 10.1. The van der Waals surface area contributed by atoms with Crippen molar-refractivity contribution in [2.75, 3.05) is 18.0 Å². The first-order valence-corrected chi connectivity index (χ1v) is 7.36. The van der Waals surface area contributed by atoms with Crippen LogP contribution in [0.4, 0.5) is 18.9 Å². The summed E-state index contributed by atoms with van der Waals surface area (Å²) in [6.45, 7) is 5.74. The molecule has 0 aliphatic carbocycles. The molecule has 0 saturated carbocycles. The number of halogens is 3. The number of hydrogen-bond acceptors (Lipinski definition) is 2. The Balaban J connectivity index is 2.57. The van der Waals surface area contributed by atoms with Gasteiger partial charge in [0.15, 0.2) is 0 Å². The fourth-order valence-corrected chi connectivity index (χ4v) is 2.59. The van der Waals surface area contributed by atoms with E-state index in [2.05, 4.69) is 9.88 Å². The third kappa shape index (κ3) is 3.43. The minimum atomic E-state index is -4.54. The van der Waals surface area contributed by atoms with Crippen molar-refractivity contribution in [1.29, 1.82) is 0 Å². The molecule has 0 spiro atoms. The number of aromatic nitrogens is 1. The fraction of sp³-hybridized carbons (Fsp3) is 0.438. The molecule has 0 aliphatic heterocycles. The maximum atomic E-state index is 13.0. The minimum absolute atomic E-state index is 0.0174. The van der Waals surface area contributed by atoms with Crippen LogP contribution in [-0.2, 0) is 6.18 Å². The molecule has 0 saturated heterocycles. The number of anilines is 1. The number of nitrogens with one attached hydrogen (secondary N) is 1. The quantitative estimate of drug-likeness (QED) is 0.899. The second-order valence-corrected chi connectivity index (χ2v) is 5.26. The maximum absolute atomic E-state index is 13.0. The van der Waals surface area contributed by atoms with E-state index >= 15 is 0 Å². The SMILES string of the molecule is CCCN(CCC)c1ccc2c(C(F)(F)F)cc(=O)[nH]c2c1. The summed E-state index contributed by atoms with van der Waals surface area (Å²) in [5.74, 6) is 0. The van der Waals surface area contributed by atoms with E-state index in [1.165, 1.54) is 6.07 Å². The molecule has 0 radical (unpaired) electrons. The molecule has 3 nitrogen and oxygen atoms in total. The van der Waals surface area contributed by atoms with Gasteiger partial charge in [-0.3, -0.25) is 4.79 Å². The molecule has 2 rings (SSSR count). The summed E-state index contributed by atoms with van der Waals surface area (Å²) in [5.41, 5.74) is -0.592. The van der Waals surface area contributed by atoms with Gasteiger partial charge < -0.3 is 9.88 Å². The number of rotatable bonds is 5. The molecule has 22 heavy (non-hydrogen) atoms. The Labute approximate surface area is 126 Å². The number of pyridine rings is 1. The van der Waals surface area contributed by atoms with Gasteiger partial charge in [0.05, 0.1) is 11.1 Å². The Morgan fingerprint density at radius 1 is 1.09 bits per heavy atom. The smallest absolute Gasteiger partial charge is 0.371 e. The lowest BCUT2D eigenvalue weighted by molar-refractivity contribution is -0.136. The van der Waals surface area contributed by atoms with E-state index in [1.807, 2.05) is 13.8 Å². The maximum Gasteiger partial charge on any atom is 0.417 e. The zero-order chi connectivity index (χ0) is 16.3. The largest absolute Gasteiger partial charge is 0.417 e. The van der Waals surface area contributed by atoms with Gasteiger partial charge in [0.2, 0.25) is 5.56 Å². The van der Waals surface area contributed by atoms with Gasteiger partial charge in [0.25, 0.3) is 0 Å². The van der Waals surface area contributed by atoms with E-state index in [1.54, 1.807) is 12.1 Å². The standard InChI is InChI=1S/C16H19F3N2O/c1-3-7-21(8-4-2)11-5-6-12-13(16(17,18)19)10-15(22)20-14(12)9-11/h5-6,9-10H,3-4,7-8H2,1-2H3,(H,20,22). The van der Waals surface area contributed by atoms with E-state index in [9.17, 15) is 18.0 Å². The first-order valence-electron chi connectivity index (χ1n) is 7.36. The summed E-state index contributed by atoms with van der Waals surface area (Å²) < 4.78 is 39.1. The predicted octanol–water partition coefficient (Wildman–Crippen LogP) is 4.17. The summed E-state index contributed by atoms with van der Waals surface area (Å²) in [6, 6.07) is 5.35. The molecule has 120 valence electrons. The van der Waals surface area contributed by atoms with Gasteiger partial charge in [-0.15, -0.1) is 0 Å². The van der Waals surface area contributed by atoms with E-state index in [0.717, 1.165) is 31.6 Å². The highest BCUT2D eigenvalue weighted by molar-refractivity contribution is 5.85. The lowest BCUT2D eigenvalue weighted by Crippen LogP contribution is -2.25. The number of hydrogen-bond donors (Lipinski definition) is 1. The second-order valence-electron chi connectivity index (χ2n) is 5.26. The van der Waals surface area contributed by atoms with Crippen LogP contribution in [0.15, 0.2) is 29.1 Å². The summed E-state index contributed by atoms with van der Waals surface area (Å²) in [5, 5.41) is 0.0174. The highest BCUT2D eigenvalue weighted by Gasteiger charge is 2.33. The van der Waals surface area contributed by atoms with Crippen molar-refractivity contribution in [3.8, 4) is 0 Å². The highest BCUT2D eigenvalue weighted by Crippen LogP contribution is 2.34. The van der Waals surface area contributed by atoms with Crippen molar-refractivity contribution in [1.82, 2.24) is 4.98 Å². The number of aromatic amines is 1. The molecular weight excluding hydrogens is 293 g/mol. The highest BCUT2D eigenvalue weighted by atomic mass is 19.4. The van der Waals surface area contributed by atoms with Crippen LogP contribution in [0, 0.1) is 0 Å². The van der Waals surface area contributed by atoms with Crippen molar-refractivity contribution in [2.24, 2.45) is 0 Å². The molecule has 2 aromatic rings. The summed E-state index contributed by atoms with van der Waals surface area (Å²) in [7, 11) is 0. The lowest BCUT2D eigenvalue weighted by Gasteiger charge is -2.24. The predicted molar refractivity (Wildman–Crippen MR) is 82.4 cm³/mol. The van der Waals surface area contributed by atoms with Gasteiger partial charge in [-0.25, -0.2) is 0 Å². The molecule has 1 aromatic heterocycles. The third-order valence-electron chi connectivity index (χ3n) is 3.48. The molecule has 0 bridgehead atoms. The summed E-state index contributed by atoms with van der Waals surface area (Å²) in [6.07, 6.45) is -2.66. The van der Waals surface area contributed by atoms with Gasteiger partial charge >= 0.3 is 6.18 Å². The van der Waals surface area contributed by atoms with Crippen LogP contribution in [0.5, 0.6) is 0 Å². The zero-order valence-electron chi connectivity index (χ0n) is 12.6. The first kappa shape index (κ1) is 16.4. The number of benzene rings is 1. The van der Waals surface area contributed by atoms with Crippen LogP contribution in [0.1, 0.15) is 32.3 Å². The van der Waals surface area contributed by atoms with Gasteiger partial charge in [0, 0.05) is 30.2 Å². The third-order valence-corrected chi connectivity index (χ3v) is 3.48. The van der Waals surface area contributed by atoms with Gasteiger partial charge in [-0.1, -0.05) is 19.9 Å². The molecule has 0 fully saturated rings. The number of fused-ring (bicyclic) bond motifs is 1. The van der Waals surface area contributed by atoms with Crippen molar-refractivity contribution in [3.05, 3.63) is 40.2 Å². The van der Waals surface area contributed by atoms with E-state index in [0.29, 0.717) is 6.07 Å². The second kappa shape index (κ2) is 6.42. The molecular formula is C16H19F3N2O. The Bertz CT molecular complexity index is 701. The van der Waals surface area contributed by atoms with Crippen LogP contribution < -0.4 is 10.5 Å². The van der Waals surface area contributed by atoms with E-state index in [-0.39, 0.29) is 10.9 Å². The average Bonchev–Trinajstić information content (AvgIpc) is 2.44. The molecule has 0 amide bonds. The molecule has 0 unspecified atom stereocenters. The zero-order valence-corrected chi connectivity index (χ0v) is 12.6. The van der Waals surface area contributed by atoms with Crippen LogP contribution in [0.25, 0.3) is 10.9 Å². The summed E-state index contributed by atoms with van der Waals surface area (Å²) >= 11 is 0. The minimum Gasteiger partial charge on any atom is -0.371 e. The Kier molecular flexibility index (Phi) is 4.78. The van der Waals surface area contributed by atoms with Gasteiger partial charge in [-0.05, 0) is 25.0 Å². The topological polar surface area (TPSA) is 36.1 Å². The Hall–Kier alpha value is -1.98. The van der Waals surface area contributed by atoms with E-state index < -0.39 is 17.3 Å². The number of H-pyrrole nitrogens is 1. The van der Waals surface area contributed by atoms with Crippen LogP contribution in [0.3, 0.4) is 0 Å². The van der Waals surface area contributed by atoms with Crippen LogP contribution in [0.2, 0.25) is 0 Å². The molecule has 1 N–H and O–H groups in total. The average molecular weight is 312 g/mol. The normalized spacial score (nSPS) is 11.9. The molecule has 0 atom stereocenters. The Morgan fingerprint density at radius 3 is 2.27 bits per heavy atom. The van der Waals surface area contributed by atoms with Crippen LogP contribution in [-0.4, -0.2) is 18.1 Å². The van der Waals surface area contributed by atoms with Gasteiger partial charge in [-0.2, -0.15) is 13.2 Å². The molecule has 1 heterocycles.